The number of rotatable bonds is 3. The molecule has 0 saturated carbocycles. The minimum atomic E-state index is -0.468. The van der Waals surface area contributed by atoms with Crippen LogP contribution in [0, 0.1) is 12.7 Å². The lowest BCUT2D eigenvalue weighted by atomic mass is 10.1. The van der Waals surface area contributed by atoms with Crippen molar-refractivity contribution in [2.24, 2.45) is 0 Å². The van der Waals surface area contributed by atoms with E-state index in [1.807, 2.05) is 13.8 Å². The quantitative estimate of drug-likeness (QED) is 0.783. The topological polar surface area (TPSA) is 20.3 Å². The predicted molar refractivity (Wildman–Crippen MR) is 66.5 cm³/mol. The van der Waals surface area contributed by atoms with Crippen molar-refractivity contribution in [3.05, 3.63) is 35.1 Å². The zero-order chi connectivity index (χ0) is 12.3. The lowest BCUT2D eigenvalue weighted by molar-refractivity contribution is 0.0753. The van der Waals surface area contributed by atoms with Gasteiger partial charge in [0.25, 0.3) is 5.91 Å². The lowest BCUT2D eigenvalue weighted by Crippen LogP contribution is -2.36. The lowest BCUT2D eigenvalue weighted by Gasteiger charge is -2.23. The first kappa shape index (κ1) is 13.2. The van der Waals surface area contributed by atoms with E-state index in [1.54, 1.807) is 19.2 Å². The van der Waals surface area contributed by atoms with Crippen LogP contribution in [0.1, 0.15) is 22.8 Å². The van der Waals surface area contributed by atoms with Gasteiger partial charge in [-0.2, -0.15) is 0 Å². The zero-order valence-electron chi connectivity index (χ0n) is 9.63. The number of amides is 1. The van der Waals surface area contributed by atoms with E-state index >= 15 is 0 Å². The molecule has 4 heteroatoms. The van der Waals surface area contributed by atoms with Crippen LogP contribution in [-0.4, -0.2) is 29.2 Å². The molecule has 0 aliphatic heterocycles. The molecule has 1 atom stereocenters. The Morgan fingerprint density at radius 1 is 1.56 bits per heavy atom. The Kier molecular flexibility index (Phi) is 4.47. The van der Waals surface area contributed by atoms with Crippen molar-refractivity contribution in [2.75, 3.05) is 12.4 Å². The van der Waals surface area contributed by atoms with Crippen molar-refractivity contribution >= 4 is 21.8 Å². The third kappa shape index (κ3) is 2.82. The van der Waals surface area contributed by atoms with Crippen molar-refractivity contribution in [1.82, 2.24) is 4.90 Å². The van der Waals surface area contributed by atoms with Crippen LogP contribution in [-0.2, 0) is 0 Å². The molecule has 0 aliphatic carbocycles. The molecule has 1 unspecified atom stereocenters. The summed E-state index contributed by atoms with van der Waals surface area (Å²) < 4.78 is 13.5. The third-order valence-electron chi connectivity index (χ3n) is 2.56. The van der Waals surface area contributed by atoms with Crippen molar-refractivity contribution in [3.63, 3.8) is 0 Å². The smallest absolute Gasteiger partial charge is 0.256 e. The largest absolute Gasteiger partial charge is 0.338 e. The first-order chi connectivity index (χ1) is 7.47. The van der Waals surface area contributed by atoms with Crippen LogP contribution in [0.4, 0.5) is 4.39 Å². The Morgan fingerprint density at radius 2 is 2.19 bits per heavy atom. The van der Waals surface area contributed by atoms with Gasteiger partial charge in [-0.05, 0) is 26.0 Å². The standard InChI is InChI=1S/C12H15BrFNO/c1-8-4-5-11(14)10(6-8)12(16)15(3)9(2)7-13/h4-6,9H,7H2,1-3H3. The third-order valence-corrected chi connectivity index (χ3v) is 3.49. The van der Waals surface area contributed by atoms with Crippen LogP contribution in [0.2, 0.25) is 0 Å². The number of alkyl halides is 1. The first-order valence-electron chi connectivity index (χ1n) is 5.06. The molecule has 0 aromatic heterocycles. The Labute approximate surface area is 104 Å². The zero-order valence-corrected chi connectivity index (χ0v) is 11.2. The molecule has 0 bridgehead atoms. The molecular weight excluding hydrogens is 273 g/mol. The summed E-state index contributed by atoms with van der Waals surface area (Å²) in [7, 11) is 1.68. The maximum Gasteiger partial charge on any atom is 0.256 e. The minimum absolute atomic E-state index is 0.0346. The summed E-state index contributed by atoms with van der Waals surface area (Å²) in [6, 6.07) is 4.59. The number of carbonyl (C=O) groups excluding carboxylic acids is 1. The maximum absolute atomic E-state index is 13.5. The van der Waals surface area contributed by atoms with Gasteiger partial charge in [-0.15, -0.1) is 0 Å². The van der Waals surface area contributed by atoms with Gasteiger partial charge in [0.15, 0.2) is 0 Å². The fraction of sp³-hybridized carbons (Fsp3) is 0.417. The normalized spacial score (nSPS) is 12.3. The molecule has 16 heavy (non-hydrogen) atoms. The van der Waals surface area contributed by atoms with Crippen LogP contribution in [0.3, 0.4) is 0 Å². The molecule has 0 N–H and O–H groups in total. The van der Waals surface area contributed by atoms with Crippen LogP contribution in [0.25, 0.3) is 0 Å². The molecule has 88 valence electrons. The Balaban J connectivity index is 3.00. The van der Waals surface area contributed by atoms with Crippen molar-refractivity contribution < 1.29 is 9.18 Å². The number of benzene rings is 1. The molecule has 1 aromatic carbocycles. The molecular formula is C12H15BrFNO. The summed E-state index contributed by atoms with van der Waals surface area (Å²) in [5, 5.41) is 0.669. The Hall–Kier alpha value is -0.900. The fourth-order valence-corrected chi connectivity index (χ4v) is 1.73. The van der Waals surface area contributed by atoms with Gasteiger partial charge in [-0.1, -0.05) is 27.6 Å². The van der Waals surface area contributed by atoms with Gasteiger partial charge in [0.1, 0.15) is 5.82 Å². The molecule has 0 heterocycles. The number of aryl methyl sites for hydroxylation is 1. The molecule has 0 radical (unpaired) electrons. The molecule has 0 fully saturated rings. The highest BCUT2D eigenvalue weighted by Gasteiger charge is 2.19. The highest BCUT2D eigenvalue weighted by molar-refractivity contribution is 9.09. The Morgan fingerprint density at radius 3 is 2.75 bits per heavy atom. The van der Waals surface area contributed by atoms with Crippen LogP contribution < -0.4 is 0 Å². The summed E-state index contributed by atoms with van der Waals surface area (Å²) in [6.45, 7) is 3.74. The molecule has 1 amide bonds. The highest BCUT2D eigenvalue weighted by atomic mass is 79.9. The second kappa shape index (κ2) is 5.43. The number of hydrogen-bond donors (Lipinski definition) is 0. The predicted octanol–water partition coefficient (Wildman–Crippen LogP) is 2.99. The average Bonchev–Trinajstić information content (AvgIpc) is 2.29. The molecule has 1 rings (SSSR count). The van der Waals surface area contributed by atoms with Gasteiger partial charge in [0.2, 0.25) is 0 Å². The second-order valence-electron chi connectivity index (χ2n) is 3.90. The van der Waals surface area contributed by atoms with Gasteiger partial charge in [0.05, 0.1) is 5.56 Å². The van der Waals surface area contributed by atoms with E-state index in [9.17, 15) is 9.18 Å². The SMILES string of the molecule is Cc1ccc(F)c(C(=O)N(C)C(C)CBr)c1. The first-order valence-corrected chi connectivity index (χ1v) is 6.18. The van der Waals surface area contributed by atoms with E-state index in [-0.39, 0.29) is 17.5 Å². The number of nitrogens with zero attached hydrogens (tertiary/aromatic N) is 1. The van der Waals surface area contributed by atoms with Gasteiger partial charge in [-0.25, -0.2) is 4.39 Å². The van der Waals surface area contributed by atoms with E-state index in [1.165, 1.54) is 11.0 Å². The molecule has 0 spiro atoms. The summed E-state index contributed by atoms with van der Waals surface area (Å²) in [6.07, 6.45) is 0. The van der Waals surface area contributed by atoms with Gasteiger partial charge in [0, 0.05) is 18.4 Å². The second-order valence-corrected chi connectivity index (χ2v) is 4.55. The van der Waals surface area contributed by atoms with Crippen molar-refractivity contribution in [3.8, 4) is 0 Å². The summed E-state index contributed by atoms with van der Waals surface area (Å²) in [5.74, 6) is -0.752. The summed E-state index contributed by atoms with van der Waals surface area (Å²) in [4.78, 5) is 13.5. The number of hydrogen-bond acceptors (Lipinski definition) is 1. The van der Waals surface area contributed by atoms with Crippen LogP contribution in [0.5, 0.6) is 0 Å². The number of carbonyl (C=O) groups is 1. The molecule has 1 aromatic rings. The Bertz CT molecular complexity index is 395. The minimum Gasteiger partial charge on any atom is -0.338 e. The van der Waals surface area contributed by atoms with Crippen LogP contribution >= 0.6 is 15.9 Å². The van der Waals surface area contributed by atoms with E-state index < -0.39 is 5.82 Å². The highest BCUT2D eigenvalue weighted by Crippen LogP contribution is 2.14. The maximum atomic E-state index is 13.5. The molecule has 0 aliphatic rings. The van der Waals surface area contributed by atoms with Crippen molar-refractivity contribution in [2.45, 2.75) is 19.9 Å². The van der Waals surface area contributed by atoms with Gasteiger partial charge < -0.3 is 4.90 Å². The van der Waals surface area contributed by atoms with E-state index in [0.29, 0.717) is 5.33 Å². The van der Waals surface area contributed by atoms with E-state index in [0.717, 1.165) is 5.56 Å². The van der Waals surface area contributed by atoms with Gasteiger partial charge in [-0.3, -0.25) is 4.79 Å². The molecule has 0 saturated heterocycles. The van der Waals surface area contributed by atoms with E-state index in [4.69, 9.17) is 0 Å². The summed E-state index contributed by atoms with van der Waals surface area (Å²) in [5.41, 5.74) is 1.01. The van der Waals surface area contributed by atoms with Crippen molar-refractivity contribution in [1.29, 1.82) is 0 Å². The van der Waals surface area contributed by atoms with Crippen LogP contribution in [0.15, 0.2) is 18.2 Å². The fourth-order valence-electron chi connectivity index (χ4n) is 1.30. The molecule has 2 nitrogen and oxygen atoms in total. The monoisotopic (exact) mass is 287 g/mol. The number of halogens is 2. The summed E-state index contributed by atoms with van der Waals surface area (Å²) >= 11 is 3.30. The van der Waals surface area contributed by atoms with Gasteiger partial charge >= 0.3 is 0 Å². The average molecular weight is 288 g/mol. The van der Waals surface area contributed by atoms with E-state index in [2.05, 4.69) is 15.9 Å².